The molecule has 0 saturated carbocycles. The van der Waals surface area contributed by atoms with Gasteiger partial charge in [-0.2, -0.15) is 0 Å². The highest BCUT2D eigenvalue weighted by atomic mass is 16.4. The Morgan fingerprint density at radius 2 is 0.794 bits per heavy atom. The first-order valence-electron chi connectivity index (χ1n) is 43.1. The SMILES string of the molecule is CC[C@H](C)[C@H](NC(=O)[C@H](CC(N)=O)NC(=O)CNC(=O)CNC(=O)CNC(=O)[C@@H]1CCCN1C(=O)[C@H](CC(C)C)NC(=O)[C@@H](NC(=O)[C@@H](N)CCC(=O)O)[C@@H](C)CC)C(=O)N[C@@H](CC(N)=O)C(=O)N[C@@H](Cc1ccc(O)cc1)C(=O)N[C@@H](CC(N)=O)C(=O)N[C@@H](CCC(N)=O)C(=O)N[C@@H](CCCCN)C(=O)N[C@@H](Cc1ccccc1)C(=O)N[C@@H](CCCCN)C(=O)NCC(=O)O. The van der Waals surface area contributed by atoms with Crippen LogP contribution in [0.25, 0.3) is 0 Å². The van der Waals surface area contributed by atoms with Gasteiger partial charge in [-0.1, -0.05) is 96.8 Å². The number of aliphatic carboxylic acids is 2. The smallest absolute Gasteiger partial charge is 0.322 e. The number of rotatable bonds is 62. The van der Waals surface area contributed by atoms with E-state index in [1.807, 2.05) is 0 Å². The van der Waals surface area contributed by atoms with Crippen molar-refractivity contribution in [2.45, 2.75) is 249 Å². The van der Waals surface area contributed by atoms with Crippen LogP contribution in [0.2, 0.25) is 0 Å². The molecule has 131 heavy (non-hydrogen) atoms. The summed E-state index contributed by atoms with van der Waals surface area (Å²) >= 11 is 0. The van der Waals surface area contributed by atoms with Crippen LogP contribution in [0, 0.1) is 17.8 Å². The summed E-state index contributed by atoms with van der Waals surface area (Å²) in [6.07, 6.45) is -3.43. The normalized spacial score (nSPS) is 15.4. The molecule has 32 N–H and O–H groups in total. The minimum atomic E-state index is -2.07. The number of unbranched alkanes of at least 4 members (excludes halogenated alkanes) is 2. The van der Waals surface area contributed by atoms with Gasteiger partial charge >= 0.3 is 11.9 Å². The number of carbonyl (C=O) groups excluding carboxylic acids is 20. The number of carbonyl (C=O) groups is 22. The third-order valence-corrected chi connectivity index (χ3v) is 21.0. The summed E-state index contributed by atoms with van der Waals surface area (Å²) in [4.78, 5) is 297. The Labute approximate surface area is 756 Å². The van der Waals surface area contributed by atoms with E-state index in [2.05, 4.69) is 79.8 Å². The monoisotopic (exact) mass is 1850 g/mol. The number of phenols is 1. The van der Waals surface area contributed by atoms with Crippen LogP contribution in [0.15, 0.2) is 54.6 Å². The molecule has 0 unspecified atom stereocenters. The molecule has 1 aliphatic heterocycles. The van der Waals surface area contributed by atoms with Gasteiger partial charge in [0, 0.05) is 32.2 Å². The first-order valence-corrected chi connectivity index (χ1v) is 43.1. The Kier molecular flexibility index (Phi) is 49.5. The number of hydrogen-bond donors (Lipinski definition) is 25. The fraction of sp³-hybridized carbons (Fsp3) is 0.590. The quantitative estimate of drug-likeness (QED) is 0.0274. The molecule has 726 valence electrons. The van der Waals surface area contributed by atoms with Gasteiger partial charge in [-0.05, 0) is 125 Å². The van der Waals surface area contributed by atoms with Crippen molar-refractivity contribution in [2.24, 2.45) is 57.9 Å². The first-order chi connectivity index (χ1) is 61.8. The largest absolute Gasteiger partial charge is 0.508 e. The van der Waals surface area contributed by atoms with Crippen molar-refractivity contribution < 1.29 is 121 Å². The maximum absolute atomic E-state index is 14.7. The standard InChI is InChI=1S/C83H129N23O25/c1-7-44(5)69(104-71(119)49(86)26-29-67(115)116)82(130)103-58(33-43(3)4)83(131)106-32-16-21-59(106)80(128)93-40-65(113)91-39-64(112)92-41-66(114)95-55(36-61(88)109)79(127)105-70(45(6)8-2)81(129)102-57(38-63(90)111)78(126)100-54(35-47-22-24-48(107)25-23-47)76(124)101-56(37-62(89)110)77(125)98-52(27-28-60(87)108)74(122)97-51(20-13-15-31-85)73(121)99-53(34-46-17-10-9-11-18-46)75(123)96-50(19-12-14-30-84)72(120)94-42-68(117)118/h9-11,17-18,22-25,43-45,49-59,69-70,107H,7-8,12-16,19-21,26-42,84-86H2,1-6H3,(H2,87,108)(H2,88,109)(H2,89,110)(H2,90,111)(H,91,113)(H,92,112)(H,93,128)(H,94,120)(H,95,114)(H,96,123)(H,97,122)(H,98,125)(H,99,121)(H,100,126)(H,101,124)(H,102,129)(H,103,130)(H,104,119)(H,105,127)(H,115,116)(H,117,118)/t44-,45-,49-,50-,51-,52-,53-,54-,55-,56-,57-,58-,59-,69-,70-/m0/s1. The molecule has 0 bridgehead atoms. The van der Waals surface area contributed by atoms with Crippen LogP contribution >= 0.6 is 0 Å². The molecule has 2 aromatic carbocycles. The van der Waals surface area contributed by atoms with E-state index >= 15 is 0 Å². The number of likely N-dealkylation sites (tertiary alicyclic amines) is 1. The van der Waals surface area contributed by atoms with Crippen LogP contribution in [0.4, 0.5) is 0 Å². The molecule has 1 heterocycles. The van der Waals surface area contributed by atoms with Crippen molar-refractivity contribution in [1.29, 1.82) is 0 Å². The summed E-state index contributed by atoms with van der Waals surface area (Å²) in [7, 11) is 0. The molecule has 0 spiro atoms. The third-order valence-electron chi connectivity index (χ3n) is 21.0. The zero-order chi connectivity index (χ0) is 98.3. The van der Waals surface area contributed by atoms with Crippen molar-refractivity contribution >= 4 is 130 Å². The third kappa shape index (κ3) is 42.1. The number of aromatic hydroxyl groups is 1. The highest BCUT2D eigenvalue weighted by Crippen LogP contribution is 2.23. The van der Waals surface area contributed by atoms with E-state index in [9.17, 15) is 116 Å². The maximum Gasteiger partial charge on any atom is 0.322 e. The molecule has 48 nitrogen and oxygen atoms in total. The Morgan fingerprint density at radius 3 is 1.24 bits per heavy atom. The lowest BCUT2D eigenvalue weighted by molar-refractivity contribution is -0.142. The van der Waals surface area contributed by atoms with E-state index in [1.54, 1.807) is 65.0 Å². The molecule has 3 rings (SSSR count). The summed E-state index contributed by atoms with van der Waals surface area (Å²) < 4.78 is 0. The van der Waals surface area contributed by atoms with Gasteiger partial charge in [0.2, 0.25) is 118 Å². The number of carboxylic acids is 2. The van der Waals surface area contributed by atoms with E-state index in [0.29, 0.717) is 31.2 Å². The molecular weight excluding hydrogens is 1720 g/mol. The van der Waals surface area contributed by atoms with E-state index in [4.69, 9.17) is 45.2 Å². The van der Waals surface area contributed by atoms with Gasteiger partial charge in [0.15, 0.2) is 0 Å². The summed E-state index contributed by atoms with van der Waals surface area (Å²) in [5.41, 5.74) is 40.2. The lowest BCUT2D eigenvalue weighted by atomic mass is 9.96. The minimum Gasteiger partial charge on any atom is -0.508 e. The molecule has 0 radical (unpaired) electrons. The van der Waals surface area contributed by atoms with Crippen LogP contribution in [0.1, 0.15) is 168 Å². The number of nitrogens with two attached hydrogens (primary N) is 7. The number of benzene rings is 2. The summed E-state index contributed by atoms with van der Waals surface area (Å²) in [5, 5.41) is 64.4. The van der Waals surface area contributed by atoms with Gasteiger partial charge in [0.1, 0.15) is 84.8 Å². The van der Waals surface area contributed by atoms with Gasteiger partial charge in [-0.25, -0.2) is 0 Å². The molecule has 0 aliphatic carbocycles. The van der Waals surface area contributed by atoms with E-state index < -0.39 is 292 Å². The predicted molar refractivity (Wildman–Crippen MR) is 466 cm³/mol. The Morgan fingerprint density at radius 1 is 0.397 bits per heavy atom. The zero-order valence-corrected chi connectivity index (χ0v) is 74.3. The van der Waals surface area contributed by atoms with Crippen molar-refractivity contribution in [1.82, 2.24) is 84.7 Å². The highest BCUT2D eigenvalue weighted by molar-refractivity contribution is 6.02. The fourth-order valence-corrected chi connectivity index (χ4v) is 13.4. The number of amides is 20. The Hall–Kier alpha value is -13.5. The Balaban J connectivity index is 1.84. The van der Waals surface area contributed by atoms with Crippen molar-refractivity contribution in [3.05, 3.63) is 65.7 Å². The van der Waals surface area contributed by atoms with Gasteiger partial charge in [-0.15, -0.1) is 0 Å². The van der Waals surface area contributed by atoms with Gasteiger partial charge in [0.05, 0.1) is 44.9 Å². The molecule has 1 saturated heterocycles. The molecular formula is C83H129N23O25. The van der Waals surface area contributed by atoms with Gasteiger partial charge < -0.3 is 140 Å². The summed E-state index contributed by atoms with van der Waals surface area (Å²) in [5.74, 6) is -25.2. The summed E-state index contributed by atoms with van der Waals surface area (Å²) in [6, 6.07) is -7.26. The summed E-state index contributed by atoms with van der Waals surface area (Å²) in [6.45, 7) is 7.28. The van der Waals surface area contributed by atoms with Crippen molar-refractivity contribution in [3.8, 4) is 5.75 Å². The minimum absolute atomic E-state index is 0.00541. The maximum atomic E-state index is 14.7. The van der Waals surface area contributed by atoms with Crippen LogP contribution in [0.3, 0.4) is 0 Å². The van der Waals surface area contributed by atoms with Crippen molar-refractivity contribution in [3.63, 3.8) is 0 Å². The van der Waals surface area contributed by atoms with Gasteiger partial charge in [-0.3, -0.25) is 105 Å². The highest BCUT2D eigenvalue weighted by Gasteiger charge is 2.42. The average molecular weight is 1850 g/mol. The molecule has 2 aromatic rings. The van der Waals surface area contributed by atoms with Crippen LogP contribution in [-0.2, 0) is 118 Å². The Bertz CT molecular complexity index is 4300. The number of carboxylic acid groups (broad SMARTS) is 2. The molecule has 0 aromatic heterocycles. The molecule has 1 fully saturated rings. The predicted octanol–water partition coefficient (Wildman–Crippen LogP) is -8.47. The number of nitrogens with one attached hydrogen (secondary N) is 15. The van der Waals surface area contributed by atoms with E-state index in [1.165, 1.54) is 36.1 Å². The fourth-order valence-electron chi connectivity index (χ4n) is 13.4. The molecule has 1 aliphatic rings. The van der Waals surface area contributed by atoms with E-state index in [-0.39, 0.29) is 94.7 Å². The van der Waals surface area contributed by atoms with Crippen LogP contribution in [0.5, 0.6) is 5.75 Å². The molecule has 20 amide bonds. The lowest BCUT2D eigenvalue weighted by Crippen LogP contribution is -2.62. The number of hydrogen-bond acceptors (Lipinski definition) is 26. The molecule has 48 heteroatoms. The average Bonchev–Trinajstić information content (AvgIpc) is 1.71. The van der Waals surface area contributed by atoms with Gasteiger partial charge in [0.25, 0.3) is 0 Å². The zero-order valence-electron chi connectivity index (χ0n) is 74.3. The second kappa shape index (κ2) is 58.1. The first kappa shape index (κ1) is 112. The van der Waals surface area contributed by atoms with E-state index in [0.717, 1.165) is 0 Å². The topological polar surface area (TPSA) is 802 Å². The van der Waals surface area contributed by atoms with Crippen LogP contribution < -0.4 is 120 Å². The van der Waals surface area contributed by atoms with Crippen LogP contribution in [-0.4, -0.2) is 275 Å². The number of nitrogens with zero attached hydrogens (tertiary/aromatic N) is 1. The number of phenolic OH excluding ortho intramolecular Hbond substituents is 1. The second-order valence-electron chi connectivity index (χ2n) is 32.2. The number of primary amides is 4. The van der Waals surface area contributed by atoms with Crippen molar-refractivity contribution in [2.75, 3.05) is 45.8 Å². The second-order valence-corrected chi connectivity index (χ2v) is 32.2. The molecule has 15 atom stereocenters. The lowest BCUT2D eigenvalue weighted by Gasteiger charge is -2.31.